The van der Waals surface area contributed by atoms with Gasteiger partial charge in [-0.3, -0.25) is 4.79 Å². The molecule has 0 bridgehead atoms. The molecule has 168 valence electrons. The van der Waals surface area contributed by atoms with Crippen molar-refractivity contribution in [1.29, 1.82) is 0 Å². The highest BCUT2D eigenvalue weighted by Crippen LogP contribution is 2.26. The first-order chi connectivity index (χ1) is 15.7. The van der Waals surface area contributed by atoms with E-state index in [0.717, 1.165) is 48.6 Å². The van der Waals surface area contributed by atoms with Gasteiger partial charge in [-0.2, -0.15) is 0 Å². The predicted molar refractivity (Wildman–Crippen MR) is 126 cm³/mol. The number of nitrogens with one attached hydrogen (secondary N) is 2. The number of amides is 1. The van der Waals surface area contributed by atoms with Crippen LogP contribution in [0, 0.1) is 11.8 Å². The third-order valence-corrected chi connectivity index (χ3v) is 6.21. The normalized spacial score (nSPS) is 18.3. The first-order valence-corrected chi connectivity index (χ1v) is 11.4. The van der Waals surface area contributed by atoms with Gasteiger partial charge in [0.25, 0.3) is 0 Å². The zero-order valence-corrected chi connectivity index (χ0v) is 18.7. The van der Waals surface area contributed by atoms with E-state index >= 15 is 0 Å². The van der Waals surface area contributed by atoms with Crippen molar-refractivity contribution in [2.75, 3.05) is 25.0 Å². The van der Waals surface area contributed by atoms with E-state index in [4.69, 9.17) is 4.52 Å². The van der Waals surface area contributed by atoms with Crippen LogP contribution in [0.4, 0.5) is 5.69 Å². The number of hydrogen-bond acceptors (Lipinski definition) is 5. The molecule has 6 heteroatoms. The number of nitrogens with zero attached hydrogens (tertiary/aromatic N) is 2. The number of benzene rings is 2. The van der Waals surface area contributed by atoms with Crippen molar-refractivity contribution in [2.45, 2.75) is 32.4 Å². The first kappa shape index (κ1) is 22.1. The van der Waals surface area contributed by atoms with Crippen molar-refractivity contribution in [2.24, 2.45) is 11.8 Å². The van der Waals surface area contributed by atoms with E-state index in [2.05, 4.69) is 38.9 Å². The Kier molecular flexibility index (Phi) is 7.56. The zero-order valence-electron chi connectivity index (χ0n) is 18.7. The fourth-order valence-corrected chi connectivity index (χ4v) is 4.39. The number of carbonyl (C=O) groups is 1. The van der Waals surface area contributed by atoms with E-state index in [1.165, 1.54) is 0 Å². The number of anilines is 1. The number of hydrogen-bond donors (Lipinski definition) is 2. The highest BCUT2D eigenvalue weighted by Gasteiger charge is 2.28. The van der Waals surface area contributed by atoms with Gasteiger partial charge in [-0.25, -0.2) is 0 Å². The van der Waals surface area contributed by atoms with Crippen LogP contribution in [0.15, 0.2) is 71.3 Å². The lowest BCUT2D eigenvalue weighted by Crippen LogP contribution is -2.40. The molecule has 3 aromatic rings. The average molecular weight is 433 g/mol. The zero-order chi connectivity index (χ0) is 22.2. The quantitative estimate of drug-likeness (QED) is 0.538. The summed E-state index contributed by atoms with van der Waals surface area (Å²) >= 11 is 0. The Labute approximate surface area is 190 Å². The Hall–Kier alpha value is -3.12. The van der Waals surface area contributed by atoms with E-state index in [-0.39, 0.29) is 5.91 Å². The topological polar surface area (TPSA) is 70.4 Å². The molecule has 0 aliphatic carbocycles. The Morgan fingerprint density at radius 3 is 2.66 bits per heavy atom. The summed E-state index contributed by atoms with van der Waals surface area (Å²) in [4.78, 5) is 14.7. The maximum Gasteiger partial charge on any atom is 0.220 e. The van der Waals surface area contributed by atoms with Crippen LogP contribution in [0.2, 0.25) is 0 Å². The molecule has 32 heavy (non-hydrogen) atoms. The minimum absolute atomic E-state index is 0.121. The van der Waals surface area contributed by atoms with Gasteiger partial charge in [0.2, 0.25) is 5.91 Å². The number of piperidine rings is 1. The molecule has 4 rings (SSSR count). The van der Waals surface area contributed by atoms with Crippen molar-refractivity contribution in [1.82, 2.24) is 15.8 Å². The second kappa shape index (κ2) is 11.0. The van der Waals surface area contributed by atoms with Gasteiger partial charge < -0.3 is 20.1 Å². The molecule has 6 nitrogen and oxygen atoms in total. The van der Waals surface area contributed by atoms with Gasteiger partial charge in [0.15, 0.2) is 5.76 Å². The minimum Gasteiger partial charge on any atom is -0.367 e. The Morgan fingerprint density at radius 1 is 1.12 bits per heavy atom. The van der Waals surface area contributed by atoms with Crippen molar-refractivity contribution < 1.29 is 9.32 Å². The van der Waals surface area contributed by atoms with Crippen LogP contribution in [0.25, 0.3) is 0 Å². The van der Waals surface area contributed by atoms with Crippen molar-refractivity contribution in [3.63, 3.8) is 0 Å². The largest absolute Gasteiger partial charge is 0.367 e. The van der Waals surface area contributed by atoms with E-state index in [1.54, 1.807) is 0 Å². The second-order valence-electron chi connectivity index (χ2n) is 8.66. The summed E-state index contributed by atoms with van der Waals surface area (Å²) in [6.07, 6.45) is 2.38. The van der Waals surface area contributed by atoms with Crippen LogP contribution in [-0.2, 0) is 24.3 Å². The number of rotatable bonds is 9. The van der Waals surface area contributed by atoms with E-state index in [0.29, 0.717) is 31.3 Å². The molecule has 1 fully saturated rings. The van der Waals surface area contributed by atoms with Crippen LogP contribution in [-0.4, -0.2) is 31.2 Å². The number of aromatic nitrogens is 1. The monoisotopic (exact) mass is 432 g/mol. The van der Waals surface area contributed by atoms with Crippen molar-refractivity contribution >= 4 is 11.6 Å². The summed E-state index contributed by atoms with van der Waals surface area (Å²) in [5.74, 6) is 1.69. The van der Waals surface area contributed by atoms with Crippen LogP contribution < -0.4 is 15.5 Å². The van der Waals surface area contributed by atoms with Gasteiger partial charge in [-0.15, -0.1) is 0 Å². The van der Waals surface area contributed by atoms with E-state index in [9.17, 15) is 4.79 Å². The van der Waals surface area contributed by atoms with Gasteiger partial charge in [0.05, 0.1) is 12.2 Å². The molecule has 1 saturated heterocycles. The summed E-state index contributed by atoms with van der Waals surface area (Å²) in [5.41, 5.74) is 3.23. The van der Waals surface area contributed by atoms with Crippen molar-refractivity contribution in [3.8, 4) is 0 Å². The summed E-state index contributed by atoms with van der Waals surface area (Å²) in [6.45, 7) is 3.12. The molecule has 2 aromatic carbocycles. The third-order valence-electron chi connectivity index (χ3n) is 6.21. The second-order valence-corrected chi connectivity index (χ2v) is 8.66. The summed E-state index contributed by atoms with van der Waals surface area (Å²) in [7, 11) is 2.05. The molecule has 1 aliphatic rings. The van der Waals surface area contributed by atoms with Gasteiger partial charge in [0.1, 0.15) is 0 Å². The predicted octanol–water partition coefficient (Wildman–Crippen LogP) is 3.79. The lowest BCUT2D eigenvalue weighted by molar-refractivity contribution is -0.122. The van der Waals surface area contributed by atoms with Crippen molar-refractivity contribution in [3.05, 3.63) is 83.7 Å². The first-order valence-electron chi connectivity index (χ1n) is 11.4. The van der Waals surface area contributed by atoms with Crippen LogP contribution in [0.3, 0.4) is 0 Å². The average Bonchev–Trinajstić information content (AvgIpc) is 3.27. The fourth-order valence-electron chi connectivity index (χ4n) is 4.39. The van der Waals surface area contributed by atoms with Gasteiger partial charge >= 0.3 is 0 Å². The SMILES string of the molecule is CN(Cc1cc(C[C@H]2CNCC[C@H]2CC(=O)NCc2ccccc2)no1)c1ccccc1. The Morgan fingerprint density at radius 2 is 1.88 bits per heavy atom. The lowest BCUT2D eigenvalue weighted by atomic mass is 9.81. The standard InChI is InChI=1S/C26H32N4O2/c1-30(24-10-6-3-7-11-24)19-25-16-23(29-32-25)14-22-18-27-13-12-21(22)15-26(31)28-17-20-8-4-2-5-9-20/h2-11,16,21-22,27H,12-15,17-19H2,1H3,(H,28,31)/t21-,22-/m0/s1. The molecule has 0 radical (unpaired) electrons. The molecule has 1 aliphatic heterocycles. The summed E-state index contributed by atoms with van der Waals surface area (Å²) in [6, 6.07) is 22.3. The molecule has 2 N–H and O–H groups in total. The lowest BCUT2D eigenvalue weighted by Gasteiger charge is -2.31. The highest BCUT2D eigenvalue weighted by molar-refractivity contribution is 5.76. The third kappa shape index (κ3) is 6.20. The fraction of sp³-hybridized carbons (Fsp3) is 0.385. The molecule has 1 aromatic heterocycles. The maximum atomic E-state index is 12.6. The number of para-hydroxylation sites is 1. The highest BCUT2D eigenvalue weighted by atomic mass is 16.5. The molecular weight excluding hydrogens is 400 g/mol. The van der Waals surface area contributed by atoms with E-state index in [1.807, 2.05) is 55.6 Å². The smallest absolute Gasteiger partial charge is 0.220 e. The Bertz CT molecular complexity index is 974. The molecule has 0 unspecified atom stereocenters. The van der Waals surface area contributed by atoms with Crippen LogP contribution >= 0.6 is 0 Å². The molecule has 1 amide bonds. The molecule has 0 saturated carbocycles. The minimum atomic E-state index is 0.121. The molecule has 2 heterocycles. The van der Waals surface area contributed by atoms with Crippen LogP contribution in [0.1, 0.15) is 29.9 Å². The van der Waals surface area contributed by atoms with Crippen LogP contribution in [0.5, 0.6) is 0 Å². The van der Waals surface area contributed by atoms with Gasteiger partial charge in [-0.1, -0.05) is 53.7 Å². The Balaban J connectivity index is 1.30. The van der Waals surface area contributed by atoms with E-state index < -0.39 is 0 Å². The molecule has 2 atom stereocenters. The summed E-state index contributed by atoms with van der Waals surface area (Å²) < 4.78 is 5.61. The number of carbonyl (C=O) groups excluding carboxylic acids is 1. The summed E-state index contributed by atoms with van der Waals surface area (Å²) in [5, 5.41) is 10.9. The maximum absolute atomic E-state index is 12.6. The molecular formula is C26H32N4O2. The van der Waals surface area contributed by atoms with Gasteiger partial charge in [-0.05, 0) is 55.5 Å². The van der Waals surface area contributed by atoms with Gasteiger partial charge in [0, 0.05) is 31.8 Å². The molecule has 0 spiro atoms.